The molecule has 0 heterocycles. The van der Waals surface area contributed by atoms with Gasteiger partial charge in [0.15, 0.2) is 0 Å². The van der Waals surface area contributed by atoms with Crippen molar-refractivity contribution < 1.29 is 5.11 Å². The summed E-state index contributed by atoms with van der Waals surface area (Å²) in [6, 6.07) is 0. The molecule has 0 aromatic rings. The largest absolute Gasteiger partial charge is 0.396 e. The average molecular weight is 237 g/mol. The van der Waals surface area contributed by atoms with Gasteiger partial charge in [-0.05, 0) is 74.7 Å². The Morgan fingerprint density at radius 2 is 1.59 bits per heavy atom. The van der Waals surface area contributed by atoms with Gasteiger partial charge in [0.1, 0.15) is 0 Å². The molecule has 4 saturated carbocycles. The molecule has 0 saturated heterocycles. The van der Waals surface area contributed by atoms with Gasteiger partial charge in [0.25, 0.3) is 0 Å². The highest BCUT2D eigenvalue weighted by atomic mass is 16.3. The van der Waals surface area contributed by atoms with E-state index >= 15 is 0 Å². The first kappa shape index (κ1) is 12.0. The van der Waals surface area contributed by atoms with Gasteiger partial charge in [0, 0.05) is 12.0 Å². The summed E-state index contributed by atoms with van der Waals surface area (Å²) in [7, 11) is 0. The van der Waals surface area contributed by atoms with Crippen LogP contribution in [0.15, 0.2) is 0 Å². The maximum absolute atomic E-state index is 9.56. The van der Waals surface area contributed by atoms with Crippen LogP contribution in [0.25, 0.3) is 0 Å². The molecule has 0 aliphatic heterocycles. The molecule has 3 N–H and O–H groups in total. The number of hydrogen-bond acceptors (Lipinski definition) is 2. The van der Waals surface area contributed by atoms with Crippen LogP contribution in [0.3, 0.4) is 0 Å². The van der Waals surface area contributed by atoms with Crippen molar-refractivity contribution in [2.45, 2.75) is 45.4 Å². The highest BCUT2D eigenvalue weighted by molar-refractivity contribution is 4.99. The maximum Gasteiger partial charge on any atom is 0.0496 e. The van der Waals surface area contributed by atoms with Crippen LogP contribution in [0, 0.1) is 35.0 Å². The Bertz CT molecular complexity index is 257. The van der Waals surface area contributed by atoms with Crippen molar-refractivity contribution in [3.05, 3.63) is 0 Å². The van der Waals surface area contributed by atoms with Gasteiger partial charge < -0.3 is 10.8 Å². The Labute approximate surface area is 105 Å². The summed E-state index contributed by atoms with van der Waals surface area (Å²) in [5.41, 5.74) is 5.83. The third kappa shape index (κ3) is 2.04. The monoisotopic (exact) mass is 237 g/mol. The zero-order valence-electron chi connectivity index (χ0n) is 11.1. The van der Waals surface area contributed by atoms with Crippen LogP contribution in [0.4, 0.5) is 0 Å². The van der Waals surface area contributed by atoms with Gasteiger partial charge in [-0.15, -0.1) is 0 Å². The normalized spacial score (nSPS) is 47.1. The molecule has 4 aliphatic rings. The van der Waals surface area contributed by atoms with E-state index in [0.717, 1.165) is 36.0 Å². The molecule has 1 unspecified atom stereocenters. The van der Waals surface area contributed by atoms with Crippen LogP contribution in [-0.4, -0.2) is 18.3 Å². The summed E-state index contributed by atoms with van der Waals surface area (Å²) in [6.45, 7) is 3.05. The molecule has 4 bridgehead atoms. The third-order valence-corrected chi connectivity index (χ3v) is 6.03. The van der Waals surface area contributed by atoms with E-state index in [9.17, 15) is 5.11 Å². The first-order chi connectivity index (χ1) is 8.13. The van der Waals surface area contributed by atoms with E-state index < -0.39 is 0 Å². The zero-order valence-corrected chi connectivity index (χ0v) is 11.1. The molecule has 0 aromatic heterocycles. The second-order valence-electron chi connectivity index (χ2n) is 7.47. The van der Waals surface area contributed by atoms with Gasteiger partial charge in [-0.2, -0.15) is 0 Å². The van der Waals surface area contributed by atoms with Crippen molar-refractivity contribution >= 4 is 0 Å². The molecule has 1 atom stereocenters. The molecule has 17 heavy (non-hydrogen) atoms. The highest BCUT2D eigenvalue weighted by Crippen LogP contribution is 2.58. The lowest BCUT2D eigenvalue weighted by molar-refractivity contribution is -0.0589. The smallest absolute Gasteiger partial charge is 0.0496 e. The molecule has 2 heteroatoms. The summed E-state index contributed by atoms with van der Waals surface area (Å²) in [5, 5.41) is 9.56. The molecule has 98 valence electrons. The minimum absolute atomic E-state index is 0.0277. The molecule has 0 radical (unpaired) electrons. The summed E-state index contributed by atoms with van der Waals surface area (Å²) in [6.07, 6.45) is 8.59. The Kier molecular flexibility index (Phi) is 2.99. The lowest BCUT2D eigenvalue weighted by atomic mass is 9.50. The van der Waals surface area contributed by atoms with Gasteiger partial charge in [0.2, 0.25) is 0 Å². The topological polar surface area (TPSA) is 46.2 Å². The second kappa shape index (κ2) is 4.24. The SMILES string of the molecule is CC(CN)(CO)CC1C2CC3CC(C2)CC1C3. The summed E-state index contributed by atoms with van der Waals surface area (Å²) < 4.78 is 0. The van der Waals surface area contributed by atoms with E-state index in [2.05, 4.69) is 6.92 Å². The predicted octanol–water partition coefficient (Wildman–Crippen LogP) is 2.41. The molecule has 0 aromatic carbocycles. The van der Waals surface area contributed by atoms with Gasteiger partial charge in [-0.25, -0.2) is 0 Å². The van der Waals surface area contributed by atoms with Crippen LogP contribution in [-0.2, 0) is 0 Å². The Morgan fingerprint density at radius 3 is 2.00 bits per heavy atom. The zero-order chi connectivity index (χ0) is 12.0. The lowest BCUT2D eigenvalue weighted by Crippen LogP contribution is -2.47. The standard InChI is InChI=1S/C15H27NO/c1-15(8-16,9-17)7-14-12-3-10-2-11(5-12)6-13(14)4-10/h10-14,17H,2-9,16H2,1H3. The third-order valence-electron chi connectivity index (χ3n) is 6.03. The Morgan fingerprint density at radius 1 is 1.06 bits per heavy atom. The first-order valence-corrected chi connectivity index (χ1v) is 7.44. The molecule has 4 rings (SSSR count). The number of hydrogen-bond donors (Lipinski definition) is 2. The Hall–Kier alpha value is -0.0800. The minimum atomic E-state index is -0.0277. The van der Waals surface area contributed by atoms with E-state index in [1.165, 1.54) is 32.1 Å². The van der Waals surface area contributed by atoms with E-state index in [-0.39, 0.29) is 12.0 Å². The fraction of sp³-hybridized carbons (Fsp3) is 1.00. The fourth-order valence-corrected chi connectivity index (χ4v) is 5.15. The van der Waals surface area contributed by atoms with E-state index in [1.807, 2.05) is 0 Å². The number of nitrogens with two attached hydrogens (primary N) is 1. The summed E-state index contributed by atoms with van der Waals surface area (Å²) in [4.78, 5) is 0. The lowest BCUT2D eigenvalue weighted by Gasteiger charge is -2.56. The van der Waals surface area contributed by atoms with Crippen molar-refractivity contribution in [1.82, 2.24) is 0 Å². The highest BCUT2D eigenvalue weighted by Gasteiger charge is 2.49. The predicted molar refractivity (Wildman–Crippen MR) is 69.4 cm³/mol. The van der Waals surface area contributed by atoms with Crippen molar-refractivity contribution in [3.63, 3.8) is 0 Å². The first-order valence-electron chi connectivity index (χ1n) is 7.44. The molecular weight excluding hydrogens is 210 g/mol. The molecule has 0 amide bonds. The molecule has 2 nitrogen and oxygen atoms in total. The van der Waals surface area contributed by atoms with Crippen molar-refractivity contribution in [2.24, 2.45) is 40.7 Å². The van der Waals surface area contributed by atoms with Crippen LogP contribution in [0.5, 0.6) is 0 Å². The van der Waals surface area contributed by atoms with Crippen molar-refractivity contribution in [1.29, 1.82) is 0 Å². The molecular formula is C15H27NO. The Balaban J connectivity index is 1.72. The number of rotatable bonds is 4. The van der Waals surface area contributed by atoms with Gasteiger partial charge in [0.05, 0.1) is 0 Å². The fourth-order valence-electron chi connectivity index (χ4n) is 5.15. The maximum atomic E-state index is 9.56. The van der Waals surface area contributed by atoms with Gasteiger partial charge in [-0.1, -0.05) is 6.92 Å². The van der Waals surface area contributed by atoms with Crippen LogP contribution < -0.4 is 5.73 Å². The second-order valence-corrected chi connectivity index (χ2v) is 7.47. The molecule has 0 spiro atoms. The summed E-state index contributed by atoms with van der Waals surface area (Å²) >= 11 is 0. The molecule has 4 aliphatic carbocycles. The van der Waals surface area contributed by atoms with Crippen LogP contribution in [0.1, 0.15) is 45.4 Å². The van der Waals surface area contributed by atoms with Crippen molar-refractivity contribution in [3.8, 4) is 0 Å². The summed E-state index contributed by atoms with van der Waals surface area (Å²) in [5.74, 6) is 4.88. The van der Waals surface area contributed by atoms with E-state index in [4.69, 9.17) is 5.73 Å². The quantitative estimate of drug-likeness (QED) is 0.788. The number of aliphatic hydroxyl groups excluding tert-OH is 1. The van der Waals surface area contributed by atoms with Crippen molar-refractivity contribution in [2.75, 3.05) is 13.2 Å². The van der Waals surface area contributed by atoms with Crippen LogP contribution in [0.2, 0.25) is 0 Å². The minimum Gasteiger partial charge on any atom is -0.396 e. The molecule has 4 fully saturated rings. The van der Waals surface area contributed by atoms with Gasteiger partial charge in [-0.3, -0.25) is 0 Å². The van der Waals surface area contributed by atoms with E-state index in [0.29, 0.717) is 6.54 Å². The van der Waals surface area contributed by atoms with Crippen LogP contribution >= 0.6 is 0 Å². The van der Waals surface area contributed by atoms with E-state index in [1.54, 1.807) is 0 Å². The average Bonchev–Trinajstić information content (AvgIpc) is 2.33. The number of aliphatic hydroxyl groups is 1. The van der Waals surface area contributed by atoms with Gasteiger partial charge >= 0.3 is 0 Å².